The molecule has 0 aromatic rings. The van der Waals surface area contributed by atoms with Gasteiger partial charge in [-0.05, 0) is 17.4 Å². The molecule has 1 rings (SSSR count). The Bertz CT molecular complexity index is 187. The van der Waals surface area contributed by atoms with Crippen LogP contribution in [0.5, 0.6) is 0 Å². The van der Waals surface area contributed by atoms with Gasteiger partial charge < -0.3 is 0 Å². The van der Waals surface area contributed by atoms with E-state index in [1.807, 2.05) is 6.20 Å². The molecular weight excluding hydrogens is 134 g/mol. The van der Waals surface area contributed by atoms with E-state index in [0.717, 1.165) is 0 Å². The van der Waals surface area contributed by atoms with E-state index in [1.54, 1.807) is 0 Å². The SMILES string of the molecule is CC(C)C1=CN=CC1C(C)C. The zero-order valence-electron chi connectivity index (χ0n) is 7.83. The maximum absolute atomic E-state index is 4.20. The van der Waals surface area contributed by atoms with E-state index in [-0.39, 0.29) is 0 Å². The minimum absolute atomic E-state index is 0.593. The molecule has 0 aromatic carbocycles. The molecule has 0 radical (unpaired) electrons. The smallest absolute Gasteiger partial charge is 0.0265 e. The van der Waals surface area contributed by atoms with Crippen LogP contribution in [-0.2, 0) is 0 Å². The number of hydrogen-bond acceptors (Lipinski definition) is 1. The summed E-state index contributed by atoms with van der Waals surface area (Å²) in [6.45, 7) is 8.96. The lowest BCUT2D eigenvalue weighted by Gasteiger charge is -2.18. The Morgan fingerprint density at radius 2 is 1.91 bits per heavy atom. The highest BCUT2D eigenvalue weighted by atomic mass is 14.7. The summed E-state index contributed by atoms with van der Waals surface area (Å²) in [4.78, 5) is 4.20. The van der Waals surface area contributed by atoms with E-state index in [9.17, 15) is 0 Å². The van der Waals surface area contributed by atoms with E-state index in [2.05, 4.69) is 38.9 Å². The second-order valence-corrected chi connectivity index (χ2v) is 3.85. The number of hydrogen-bond donors (Lipinski definition) is 0. The summed E-state index contributed by atoms with van der Waals surface area (Å²) < 4.78 is 0. The second-order valence-electron chi connectivity index (χ2n) is 3.85. The molecule has 1 aliphatic rings. The second kappa shape index (κ2) is 3.21. The summed E-state index contributed by atoms with van der Waals surface area (Å²) in [5.74, 6) is 1.93. The first kappa shape index (κ1) is 8.51. The highest BCUT2D eigenvalue weighted by Crippen LogP contribution is 2.28. The molecule has 1 aliphatic heterocycles. The molecule has 0 aliphatic carbocycles. The molecule has 11 heavy (non-hydrogen) atoms. The summed E-state index contributed by atoms with van der Waals surface area (Å²) in [5.41, 5.74) is 1.49. The van der Waals surface area contributed by atoms with Crippen molar-refractivity contribution in [2.45, 2.75) is 27.7 Å². The quantitative estimate of drug-likeness (QED) is 0.575. The minimum atomic E-state index is 0.593. The van der Waals surface area contributed by atoms with Crippen LogP contribution in [0.1, 0.15) is 27.7 Å². The normalized spacial score (nSPS) is 23.5. The molecule has 0 saturated carbocycles. The van der Waals surface area contributed by atoms with Crippen LogP contribution < -0.4 is 0 Å². The van der Waals surface area contributed by atoms with Crippen LogP contribution in [0.25, 0.3) is 0 Å². The predicted molar refractivity (Wildman–Crippen MR) is 49.7 cm³/mol. The largest absolute Gasteiger partial charge is 0.268 e. The van der Waals surface area contributed by atoms with E-state index < -0.39 is 0 Å². The number of aliphatic imine (C=N–C) groups is 1. The molecule has 1 atom stereocenters. The molecule has 0 amide bonds. The van der Waals surface area contributed by atoms with Crippen LogP contribution in [0.3, 0.4) is 0 Å². The lowest BCUT2D eigenvalue weighted by molar-refractivity contribution is 0.522. The first-order chi connectivity index (χ1) is 5.13. The number of nitrogens with zero attached hydrogens (tertiary/aromatic N) is 1. The van der Waals surface area contributed by atoms with Gasteiger partial charge in [-0.25, -0.2) is 0 Å². The van der Waals surface area contributed by atoms with Crippen LogP contribution in [0.4, 0.5) is 0 Å². The van der Waals surface area contributed by atoms with Crippen LogP contribution in [0.2, 0.25) is 0 Å². The van der Waals surface area contributed by atoms with Gasteiger partial charge in [-0.1, -0.05) is 27.7 Å². The van der Waals surface area contributed by atoms with Gasteiger partial charge in [0.05, 0.1) is 0 Å². The zero-order valence-corrected chi connectivity index (χ0v) is 7.83. The van der Waals surface area contributed by atoms with Crippen molar-refractivity contribution in [3.05, 3.63) is 11.8 Å². The fourth-order valence-corrected chi connectivity index (χ4v) is 1.48. The third-order valence-electron chi connectivity index (χ3n) is 2.24. The van der Waals surface area contributed by atoms with Gasteiger partial charge in [-0.3, -0.25) is 4.99 Å². The molecule has 1 nitrogen and oxygen atoms in total. The summed E-state index contributed by atoms with van der Waals surface area (Å²) in [7, 11) is 0. The Labute approximate surface area is 69.2 Å². The lowest BCUT2D eigenvalue weighted by Crippen LogP contribution is -2.13. The molecule has 1 unspecified atom stereocenters. The molecule has 62 valence electrons. The molecule has 0 spiro atoms. The Kier molecular flexibility index (Phi) is 2.48. The van der Waals surface area contributed by atoms with Crippen molar-refractivity contribution < 1.29 is 0 Å². The molecule has 0 fully saturated rings. The van der Waals surface area contributed by atoms with Crippen molar-refractivity contribution in [2.75, 3.05) is 0 Å². The lowest BCUT2D eigenvalue weighted by atomic mass is 9.85. The average molecular weight is 151 g/mol. The van der Waals surface area contributed by atoms with Gasteiger partial charge in [0.1, 0.15) is 0 Å². The monoisotopic (exact) mass is 151 g/mol. The predicted octanol–water partition coefficient (Wildman–Crippen LogP) is 2.88. The van der Waals surface area contributed by atoms with Crippen LogP contribution in [0.15, 0.2) is 16.8 Å². The summed E-state index contributed by atoms with van der Waals surface area (Å²) >= 11 is 0. The third-order valence-corrected chi connectivity index (χ3v) is 2.24. The van der Waals surface area contributed by atoms with Gasteiger partial charge in [-0.15, -0.1) is 0 Å². The topological polar surface area (TPSA) is 12.4 Å². The van der Waals surface area contributed by atoms with Gasteiger partial charge in [0.2, 0.25) is 0 Å². The van der Waals surface area contributed by atoms with Crippen molar-refractivity contribution in [1.29, 1.82) is 0 Å². The molecule has 0 aromatic heterocycles. The first-order valence-electron chi connectivity index (χ1n) is 4.36. The van der Waals surface area contributed by atoms with Gasteiger partial charge in [0, 0.05) is 18.3 Å². The van der Waals surface area contributed by atoms with Crippen molar-refractivity contribution in [1.82, 2.24) is 0 Å². The molecule has 0 bridgehead atoms. The first-order valence-corrected chi connectivity index (χ1v) is 4.36. The average Bonchev–Trinajstić information content (AvgIpc) is 2.32. The summed E-state index contributed by atoms with van der Waals surface area (Å²) in [6.07, 6.45) is 4.09. The summed E-state index contributed by atoms with van der Waals surface area (Å²) in [6, 6.07) is 0. The highest BCUT2D eigenvalue weighted by Gasteiger charge is 2.21. The minimum Gasteiger partial charge on any atom is -0.268 e. The van der Waals surface area contributed by atoms with Crippen molar-refractivity contribution in [3.63, 3.8) is 0 Å². The maximum atomic E-state index is 4.20. The number of rotatable bonds is 2. The van der Waals surface area contributed by atoms with Crippen LogP contribution in [-0.4, -0.2) is 6.21 Å². The molecule has 1 heteroatoms. The van der Waals surface area contributed by atoms with Crippen molar-refractivity contribution in [3.8, 4) is 0 Å². The van der Waals surface area contributed by atoms with E-state index >= 15 is 0 Å². The Balaban J connectivity index is 2.69. The molecule has 0 saturated heterocycles. The molecule has 1 heterocycles. The van der Waals surface area contributed by atoms with E-state index in [4.69, 9.17) is 0 Å². The number of allylic oxidation sites excluding steroid dienone is 1. The third kappa shape index (κ3) is 1.70. The van der Waals surface area contributed by atoms with Crippen molar-refractivity contribution >= 4 is 6.21 Å². The Morgan fingerprint density at radius 3 is 2.27 bits per heavy atom. The highest BCUT2D eigenvalue weighted by molar-refractivity contribution is 5.69. The van der Waals surface area contributed by atoms with Gasteiger partial charge >= 0.3 is 0 Å². The summed E-state index contributed by atoms with van der Waals surface area (Å²) in [5, 5.41) is 0. The van der Waals surface area contributed by atoms with E-state index in [0.29, 0.717) is 17.8 Å². The zero-order chi connectivity index (χ0) is 8.43. The van der Waals surface area contributed by atoms with Crippen LogP contribution in [0, 0.1) is 17.8 Å². The Hall–Kier alpha value is -0.590. The fourth-order valence-electron chi connectivity index (χ4n) is 1.48. The van der Waals surface area contributed by atoms with Gasteiger partial charge in [0.15, 0.2) is 0 Å². The standard InChI is InChI=1S/C10H17N/c1-7(2)9-5-11-6-10(9)8(3)4/h5-9H,1-4H3. The van der Waals surface area contributed by atoms with Crippen molar-refractivity contribution in [2.24, 2.45) is 22.7 Å². The maximum Gasteiger partial charge on any atom is 0.0265 e. The van der Waals surface area contributed by atoms with Gasteiger partial charge in [-0.2, -0.15) is 0 Å². The molecular formula is C10H17N. The van der Waals surface area contributed by atoms with Crippen LogP contribution >= 0.6 is 0 Å². The van der Waals surface area contributed by atoms with Gasteiger partial charge in [0.25, 0.3) is 0 Å². The fraction of sp³-hybridized carbons (Fsp3) is 0.700. The van der Waals surface area contributed by atoms with E-state index in [1.165, 1.54) is 5.57 Å². The Morgan fingerprint density at radius 1 is 1.27 bits per heavy atom. The molecule has 0 N–H and O–H groups in total.